The lowest BCUT2D eigenvalue weighted by molar-refractivity contribution is -0.145. The van der Waals surface area contributed by atoms with Crippen LogP contribution in [-0.4, -0.2) is 25.0 Å². The van der Waals surface area contributed by atoms with Gasteiger partial charge in [-0.2, -0.15) is 0 Å². The first kappa shape index (κ1) is 17.2. The quantitative estimate of drug-likeness (QED) is 0.562. The molecule has 0 heterocycles. The average molecular weight is 291 g/mol. The molecule has 0 radical (unpaired) electrons. The Morgan fingerprint density at radius 2 is 1.86 bits per heavy atom. The Balaban J connectivity index is 2.50. The zero-order chi connectivity index (χ0) is 15.5. The molecule has 0 bridgehead atoms. The van der Waals surface area contributed by atoms with Crippen molar-refractivity contribution in [3.63, 3.8) is 0 Å². The molecule has 1 aromatic rings. The van der Waals surface area contributed by atoms with Gasteiger partial charge in [0.05, 0.1) is 7.11 Å². The minimum atomic E-state index is -0.615. The standard InChI is InChI=1S/C17H25NO3/c1-3-4-5-9-12-16(19)18-15(17(20)21-2)13-14-10-7-6-8-11-14/h6-8,10-11,15H,3-5,9,12-13H2,1-2H3,(H,18,19)/t15-/m0/s1. The molecule has 0 aliphatic carbocycles. The van der Waals surface area contributed by atoms with Crippen LogP contribution in [-0.2, 0) is 20.7 Å². The van der Waals surface area contributed by atoms with E-state index in [2.05, 4.69) is 12.2 Å². The maximum atomic E-state index is 11.9. The number of ether oxygens (including phenoxy) is 1. The van der Waals surface area contributed by atoms with E-state index in [0.717, 1.165) is 31.2 Å². The number of unbranched alkanes of at least 4 members (excludes halogenated alkanes) is 3. The number of hydrogen-bond donors (Lipinski definition) is 1. The van der Waals surface area contributed by atoms with Gasteiger partial charge in [-0.25, -0.2) is 4.79 Å². The van der Waals surface area contributed by atoms with Gasteiger partial charge in [0.2, 0.25) is 5.91 Å². The van der Waals surface area contributed by atoms with Gasteiger partial charge >= 0.3 is 5.97 Å². The smallest absolute Gasteiger partial charge is 0.328 e. The summed E-state index contributed by atoms with van der Waals surface area (Å²) >= 11 is 0. The van der Waals surface area contributed by atoms with Crippen molar-refractivity contribution in [2.75, 3.05) is 7.11 Å². The van der Waals surface area contributed by atoms with Crippen molar-refractivity contribution >= 4 is 11.9 Å². The first-order valence-electron chi connectivity index (χ1n) is 7.58. The summed E-state index contributed by atoms with van der Waals surface area (Å²) in [5, 5.41) is 2.78. The Morgan fingerprint density at radius 3 is 2.48 bits per heavy atom. The molecule has 0 spiro atoms. The zero-order valence-corrected chi connectivity index (χ0v) is 12.9. The second kappa shape index (κ2) is 9.97. The van der Waals surface area contributed by atoms with Crippen LogP contribution in [0.4, 0.5) is 0 Å². The van der Waals surface area contributed by atoms with Crippen LogP contribution >= 0.6 is 0 Å². The summed E-state index contributed by atoms with van der Waals surface area (Å²) in [5.74, 6) is -0.488. The minimum Gasteiger partial charge on any atom is -0.467 e. The SMILES string of the molecule is CCCCCCC(=O)N[C@@H](Cc1ccccc1)C(=O)OC. The van der Waals surface area contributed by atoms with E-state index < -0.39 is 12.0 Å². The van der Waals surface area contributed by atoms with Crippen molar-refractivity contribution in [1.29, 1.82) is 0 Å². The van der Waals surface area contributed by atoms with Crippen LogP contribution in [0, 0.1) is 0 Å². The number of benzene rings is 1. The Morgan fingerprint density at radius 1 is 1.14 bits per heavy atom. The summed E-state index contributed by atoms with van der Waals surface area (Å²) in [6, 6.07) is 9.00. The second-order valence-electron chi connectivity index (χ2n) is 5.14. The molecule has 1 atom stereocenters. The maximum absolute atomic E-state index is 11.9. The molecule has 1 aromatic carbocycles. The monoisotopic (exact) mass is 291 g/mol. The van der Waals surface area contributed by atoms with E-state index in [9.17, 15) is 9.59 Å². The van der Waals surface area contributed by atoms with Gasteiger partial charge in [-0.15, -0.1) is 0 Å². The van der Waals surface area contributed by atoms with Crippen LogP contribution < -0.4 is 5.32 Å². The highest BCUT2D eigenvalue weighted by Crippen LogP contribution is 2.06. The van der Waals surface area contributed by atoms with Crippen molar-refractivity contribution in [2.24, 2.45) is 0 Å². The molecule has 116 valence electrons. The Hall–Kier alpha value is -1.84. The number of esters is 1. The predicted octanol–water partition coefficient (Wildman–Crippen LogP) is 2.86. The molecule has 0 aromatic heterocycles. The maximum Gasteiger partial charge on any atom is 0.328 e. The molecule has 0 fully saturated rings. The van der Waals surface area contributed by atoms with E-state index in [1.807, 2.05) is 30.3 Å². The number of nitrogens with one attached hydrogen (secondary N) is 1. The Bertz CT molecular complexity index is 431. The first-order valence-corrected chi connectivity index (χ1v) is 7.58. The van der Waals surface area contributed by atoms with E-state index in [0.29, 0.717) is 12.8 Å². The highest BCUT2D eigenvalue weighted by molar-refractivity contribution is 5.84. The molecule has 1 N–H and O–H groups in total. The normalized spacial score (nSPS) is 11.7. The first-order chi connectivity index (χ1) is 10.2. The van der Waals surface area contributed by atoms with E-state index in [-0.39, 0.29) is 5.91 Å². The summed E-state index contributed by atoms with van der Waals surface area (Å²) in [5.41, 5.74) is 0.999. The van der Waals surface area contributed by atoms with Crippen molar-refractivity contribution < 1.29 is 14.3 Å². The van der Waals surface area contributed by atoms with Gasteiger partial charge < -0.3 is 10.1 Å². The summed E-state index contributed by atoms with van der Waals surface area (Å²) in [6.07, 6.45) is 5.10. The summed E-state index contributed by atoms with van der Waals surface area (Å²) < 4.78 is 4.77. The number of methoxy groups -OCH3 is 1. The third kappa shape index (κ3) is 6.93. The number of carbonyl (C=O) groups is 2. The molecule has 4 nitrogen and oxygen atoms in total. The fourth-order valence-electron chi connectivity index (χ4n) is 2.16. The molecule has 21 heavy (non-hydrogen) atoms. The van der Waals surface area contributed by atoms with Crippen LogP contribution in [0.15, 0.2) is 30.3 Å². The molecular formula is C17H25NO3. The molecule has 1 rings (SSSR count). The van der Waals surface area contributed by atoms with Gasteiger partial charge in [0.1, 0.15) is 6.04 Å². The van der Waals surface area contributed by atoms with Gasteiger partial charge in [0.15, 0.2) is 0 Å². The molecule has 4 heteroatoms. The van der Waals surface area contributed by atoms with E-state index >= 15 is 0 Å². The van der Waals surface area contributed by atoms with Gasteiger partial charge in [-0.1, -0.05) is 56.5 Å². The van der Waals surface area contributed by atoms with Crippen LogP contribution in [0.3, 0.4) is 0 Å². The third-order valence-electron chi connectivity index (χ3n) is 3.36. The summed E-state index contributed by atoms with van der Waals surface area (Å²) in [7, 11) is 1.34. The van der Waals surface area contributed by atoms with E-state index in [1.165, 1.54) is 7.11 Å². The topological polar surface area (TPSA) is 55.4 Å². The van der Waals surface area contributed by atoms with Crippen LogP contribution in [0.5, 0.6) is 0 Å². The van der Waals surface area contributed by atoms with Crippen molar-refractivity contribution in [2.45, 2.75) is 51.5 Å². The molecule has 1 amide bonds. The highest BCUT2D eigenvalue weighted by atomic mass is 16.5. The average Bonchev–Trinajstić information content (AvgIpc) is 2.51. The lowest BCUT2D eigenvalue weighted by Crippen LogP contribution is -2.43. The van der Waals surface area contributed by atoms with Gasteiger partial charge in [0.25, 0.3) is 0 Å². The predicted molar refractivity (Wildman–Crippen MR) is 82.9 cm³/mol. The van der Waals surface area contributed by atoms with Crippen LogP contribution in [0.2, 0.25) is 0 Å². The van der Waals surface area contributed by atoms with Crippen LogP contribution in [0.25, 0.3) is 0 Å². The largest absolute Gasteiger partial charge is 0.467 e. The molecule has 0 saturated heterocycles. The fourth-order valence-corrected chi connectivity index (χ4v) is 2.16. The summed E-state index contributed by atoms with van der Waals surface area (Å²) in [4.78, 5) is 23.7. The number of rotatable bonds is 9. The number of carbonyl (C=O) groups excluding carboxylic acids is 2. The molecule has 0 aliphatic heterocycles. The number of hydrogen-bond acceptors (Lipinski definition) is 3. The number of amides is 1. The van der Waals surface area contributed by atoms with Gasteiger partial charge in [-0.3, -0.25) is 4.79 Å². The Labute approximate surface area is 126 Å². The fraction of sp³-hybridized carbons (Fsp3) is 0.529. The molecular weight excluding hydrogens is 266 g/mol. The molecule has 0 saturated carbocycles. The highest BCUT2D eigenvalue weighted by Gasteiger charge is 2.21. The summed E-state index contributed by atoms with van der Waals surface area (Å²) in [6.45, 7) is 2.13. The van der Waals surface area contributed by atoms with E-state index in [1.54, 1.807) is 0 Å². The van der Waals surface area contributed by atoms with Crippen molar-refractivity contribution in [3.05, 3.63) is 35.9 Å². The van der Waals surface area contributed by atoms with Crippen molar-refractivity contribution in [3.8, 4) is 0 Å². The van der Waals surface area contributed by atoms with E-state index in [4.69, 9.17) is 4.74 Å². The molecule has 0 aliphatic rings. The van der Waals surface area contributed by atoms with Gasteiger partial charge in [0, 0.05) is 12.8 Å². The second-order valence-corrected chi connectivity index (χ2v) is 5.14. The minimum absolute atomic E-state index is 0.0857. The third-order valence-corrected chi connectivity index (χ3v) is 3.36. The Kier molecular flexibility index (Phi) is 8.17. The lowest BCUT2D eigenvalue weighted by atomic mass is 10.1. The zero-order valence-electron chi connectivity index (χ0n) is 12.9. The molecule has 0 unspecified atom stereocenters. The van der Waals surface area contributed by atoms with Gasteiger partial charge in [-0.05, 0) is 12.0 Å². The lowest BCUT2D eigenvalue weighted by Gasteiger charge is -2.16. The van der Waals surface area contributed by atoms with Crippen LogP contribution in [0.1, 0.15) is 44.6 Å². The van der Waals surface area contributed by atoms with Crippen molar-refractivity contribution in [1.82, 2.24) is 5.32 Å².